The van der Waals surface area contributed by atoms with Crippen molar-refractivity contribution in [2.75, 3.05) is 17.2 Å². The molecule has 0 saturated heterocycles. The van der Waals surface area contributed by atoms with E-state index in [9.17, 15) is 4.79 Å². The van der Waals surface area contributed by atoms with Crippen LogP contribution in [0.15, 0.2) is 65.9 Å². The summed E-state index contributed by atoms with van der Waals surface area (Å²) in [5.74, 6) is 1.09. The third-order valence-corrected chi connectivity index (χ3v) is 4.95. The van der Waals surface area contributed by atoms with Crippen LogP contribution in [0.25, 0.3) is 0 Å². The van der Waals surface area contributed by atoms with Gasteiger partial charge in [-0.05, 0) is 53.6 Å². The number of allylic oxidation sites excluding steroid dienone is 1. The standard InChI is InChI=1S/C22H24N6O2/c1-3-4-14-30-18-12-10-16(11-13-18)20-19(15(2)23-22-25-26-27-28(20)22)21(29)24-17-8-6-5-7-9-17/h5-13,20H,3-4,14H2,1-2H3,(H,24,29)(H,23,25,27)/t20-/m0/s1. The van der Waals surface area contributed by atoms with Gasteiger partial charge in [-0.1, -0.05) is 48.8 Å². The highest BCUT2D eigenvalue weighted by Crippen LogP contribution is 2.35. The summed E-state index contributed by atoms with van der Waals surface area (Å²) in [6.07, 6.45) is 2.09. The van der Waals surface area contributed by atoms with E-state index in [1.807, 2.05) is 61.5 Å². The molecule has 1 atom stereocenters. The summed E-state index contributed by atoms with van der Waals surface area (Å²) in [5.41, 5.74) is 2.88. The van der Waals surface area contributed by atoms with Crippen molar-refractivity contribution in [2.45, 2.75) is 32.7 Å². The van der Waals surface area contributed by atoms with Crippen LogP contribution in [-0.2, 0) is 4.79 Å². The van der Waals surface area contributed by atoms with Crippen LogP contribution in [0.3, 0.4) is 0 Å². The van der Waals surface area contributed by atoms with Crippen molar-refractivity contribution in [1.29, 1.82) is 0 Å². The van der Waals surface area contributed by atoms with Crippen molar-refractivity contribution in [1.82, 2.24) is 20.2 Å². The third kappa shape index (κ3) is 4.03. The van der Waals surface area contributed by atoms with Crippen molar-refractivity contribution in [2.24, 2.45) is 0 Å². The van der Waals surface area contributed by atoms with Crippen molar-refractivity contribution < 1.29 is 9.53 Å². The van der Waals surface area contributed by atoms with Gasteiger partial charge in [0.15, 0.2) is 0 Å². The molecule has 1 aromatic heterocycles. The molecule has 0 aliphatic carbocycles. The van der Waals surface area contributed by atoms with Crippen molar-refractivity contribution in [3.63, 3.8) is 0 Å². The van der Waals surface area contributed by atoms with E-state index in [1.54, 1.807) is 4.68 Å². The number of nitrogens with zero attached hydrogens (tertiary/aromatic N) is 4. The molecule has 4 rings (SSSR count). The molecule has 154 valence electrons. The molecule has 8 heteroatoms. The Morgan fingerprint density at radius 2 is 1.93 bits per heavy atom. The van der Waals surface area contributed by atoms with Gasteiger partial charge in [0.1, 0.15) is 11.8 Å². The lowest BCUT2D eigenvalue weighted by Crippen LogP contribution is -2.31. The largest absolute Gasteiger partial charge is 0.494 e. The topological polar surface area (TPSA) is 94.0 Å². The van der Waals surface area contributed by atoms with Crippen LogP contribution in [0.5, 0.6) is 5.75 Å². The number of carbonyl (C=O) groups is 1. The minimum Gasteiger partial charge on any atom is -0.494 e. The molecule has 1 aliphatic heterocycles. The van der Waals surface area contributed by atoms with E-state index in [0.717, 1.165) is 29.8 Å². The molecule has 0 spiro atoms. The third-order valence-electron chi connectivity index (χ3n) is 4.95. The molecule has 3 aromatic rings. The van der Waals surface area contributed by atoms with E-state index in [-0.39, 0.29) is 5.91 Å². The molecule has 0 unspecified atom stereocenters. The maximum absolute atomic E-state index is 13.2. The van der Waals surface area contributed by atoms with Gasteiger partial charge < -0.3 is 15.4 Å². The number of para-hydroxylation sites is 1. The van der Waals surface area contributed by atoms with E-state index in [0.29, 0.717) is 23.8 Å². The predicted octanol–water partition coefficient (Wildman–Crippen LogP) is 3.78. The number of tetrazole rings is 1. The number of nitrogens with one attached hydrogen (secondary N) is 2. The molecular formula is C22H24N6O2. The van der Waals surface area contributed by atoms with Crippen LogP contribution in [0.2, 0.25) is 0 Å². The first-order valence-corrected chi connectivity index (χ1v) is 10.0. The highest BCUT2D eigenvalue weighted by Gasteiger charge is 2.34. The first-order valence-electron chi connectivity index (χ1n) is 10.0. The first kappa shape index (κ1) is 19.6. The zero-order valence-corrected chi connectivity index (χ0v) is 17.0. The van der Waals surface area contributed by atoms with Gasteiger partial charge in [-0.25, -0.2) is 0 Å². The second-order valence-corrected chi connectivity index (χ2v) is 7.10. The second-order valence-electron chi connectivity index (χ2n) is 7.10. The summed E-state index contributed by atoms with van der Waals surface area (Å²) in [6, 6.07) is 16.6. The molecule has 1 aliphatic rings. The van der Waals surface area contributed by atoms with Gasteiger partial charge in [0.05, 0.1) is 12.2 Å². The van der Waals surface area contributed by atoms with Crippen molar-refractivity contribution in [3.05, 3.63) is 71.4 Å². The maximum Gasteiger partial charge on any atom is 0.255 e. The van der Waals surface area contributed by atoms with Crippen LogP contribution in [0, 0.1) is 0 Å². The number of anilines is 2. The molecule has 2 heterocycles. The number of benzene rings is 2. The zero-order chi connectivity index (χ0) is 20.9. The van der Waals surface area contributed by atoms with Crippen molar-refractivity contribution >= 4 is 17.5 Å². The summed E-state index contributed by atoms with van der Waals surface area (Å²) < 4.78 is 7.39. The quantitative estimate of drug-likeness (QED) is 0.582. The summed E-state index contributed by atoms with van der Waals surface area (Å²) in [4.78, 5) is 13.2. The number of fused-ring (bicyclic) bond motifs is 1. The van der Waals surface area contributed by atoms with Crippen LogP contribution in [0.1, 0.15) is 38.3 Å². The molecule has 0 radical (unpaired) electrons. The van der Waals surface area contributed by atoms with Gasteiger partial charge >= 0.3 is 0 Å². The minimum atomic E-state index is -0.454. The fourth-order valence-electron chi connectivity index (χ4n) is 3.42. The number of rotatable bonds is 7. The normalized spacial score (nSPS) is 15.3. The fourth-order valence-corrected chi connectivity index (χ4v) is 3.42. The average molecular weight is 404 g/mol. The lowest BCUT2D eigenvalue weighted by atomic mass is 9.95. The van der Waals surface area contributed by atoms with Gasteiger partial charge in [0.2, 0.25) is 5.95 Å². The van der Waals surface area contributed by atoms with E-state index < -0.39 is 6.04 Å². The Morgan fingerprint density at radius 3 is 2.67 bits per heavy atom. The van der Waals surface area contributed by atoms with E-state index in [1.165, 1.54) is 0 Å². The Bertz CT molecular complexity index is 1040. The van der Waals surface area contributed by atoms with E-state index in [4.69, 9.17) is 4.74 Å². The molecule has 30 heavy (non-hydrogen) atoms. The van der Waals surface area contributed by atoms with Gasteiger partial charge in [-0.3, -0.25) is 4.79 Å². The Morgan fingerprint density at radius 1 is 1.17 bits per heavy atom. The first-order chi connectivity index (χ1) is 14.7. The minimum absolute atomic E-state index is 0.208. The molecule has 2 N–H and O–H groups in total. The van der Waals surface area contributed by atoms with Gasteiger partial charge in [-0.2, -0.15) is 4.68 Å². The number of unbranched alkanes of at least 4 members (excludes halogenated alkanes) is 1. The van der Waals surface area contributed by atoms with Crippen LogP contribution < -0.4 is 15.4 Å². The molecule has 2 aromatic carbocycles. The van der Waals surface area contributed by atoms with Gasteiger partial charge in [0, 0.05) is 11.4 Å². The van der Waals surface area contributed by atoms with Crippen LogP contribution in [0.4, 0.5) is 11.6 Å². The molecule has 0 fully saturated rings. The Labute approximate surface area is 174 Å². The smallest absolute Gasteiger partial charge is 0.255 e. The number of amides is 1. The highest BCUT2D eigenvalue weighted by atomic mass is 16.5. The number of carbonyl (C=O) groups excluding carboxylic acids is 1. The zero-order valence-electron chi connectivity index (χ0n) is 17.0. The van der Waals surface area contributed by atoms with Crippen LogP contribution in [-0.4, -0.2) is 32.7 Å². The molecule has 1 amide bonds. The second kappa shape index (κ2) is 8.77. The number of hydrogen-bond acceptors (Lipinski definition) is 6. The SMILES string of the molecule is CCCCOc1ccc([C@H]2C(C(=O)Nc3ccccc3)=C(C)Nc3nnnn32)cc1. The highest BCUT2D eigenvalue weighted by molar-refractivity contribution is 6.05. The van der Waals surface area contributed by atoms with E-state index in [2.05, 4.69) is 33.1 Å². The number of aromatic nitrogens is 4. The number of ether oxygens (including phenoxy) is 1. The van der Waals surface area contributed by atoms with E-state index >= 15 is 0 Å². The Balaban J connectivity index is 1.65. The van der Waals surface area contributed by atoms with Crippen LogP contribution >= 0.6 is 0 Å². The predicted molar refractivity (Wildman–Crippen MR) is 114 cm³/mol. The summed E-state index contributed by atoms with van der Waals surface area (Å²) in [6.45, 7) is 4.67. The monoisotopic (exact) mass is 404 g/mol. The van der Waals surface area contributed by atoms with Gasteiger partial charge in [0.25, 0.3) is 5.91 Å². The Hall–Kier alpha value is -3.68. The molecule has 0 bridgehead atoms. The summed E-state index contributed by atoms with van der Waals surface area (Å²) in [5, 5.41) is 18.0. The summed E-state index contributed by atoms with van der Waals surface area (Å²) >= 11 is 0. The van der Waals surface area contributed by atoms with Gasteiger partial charge in [-0.15, -0.1) is 0 Å². The number of hydrogen-bond donors (Lipinski definition) is 2. The average Bonchev–Trinajstić information content (AvgIpc) is 3.22. The summed E-state index contributed by atoms with van der Waals surface area (Å²) in [7, 11) is 0. The molecule has 0 saturated carbocycles. The van der Waals surface area contributed by atoms with Crippen molar-refractivity contribution in [3.8, 4) is 5.75 Å². The maximum atomic E-state index is 13.2. The lowest BCUT2D eigenvalue weighted by Gasteiger charge is -2.28. The molecular weight excluding hydrogens is 380 g/mol. The lowest BCUT2D eigenvalue weighted by molar-refractivity contribution is -0.113. The molecule has 8 nitrogen and oxygen atoms in total. The Kier molecular flexibility index (Phi) is 5.74. The fraction of sp³-hybridized carbons (Fsp3) is 0.273.